The topological polar surface area (TPSA) is 87.9 Å². The minimum atomic E-state index is -0.234. The van der Waals surface area contributed by atoms with Gasteiger partial charge in [0.15, 0.2) is 0 Å². The molecule has 6 nitrogen and oxygen atoms in total. The molecular weight excluding hydrogens is 349 g/mol. The number of rotatable bonds is 1. The summed E-state index contributed by atoms with van der Waals surface area (Å²) in [5.74, 6) is 0.154. The van der Waals surface area contributed by atoms with Crippen LogP contribution in [0.25, 0.3) is 10.9 Å². The molecule has 1 amide bonds. The zero-order valence-electron chi connectivity index (χ0n) is 12.5. The zero-order valence-corrected chi connectivity index (χ0v) is 14.0. The van der Waals surface area contributed by atoms with Crippen LogP contribution in [0, 0.1) is 0 Å². The Labute approximate surface area is 147 Å². The normalized spacial score (nSPS) is 14.0. The molecule has 2 aromatic heterocycles. The Morgan fingerprint density at radius 1 is 1.29 bits per heavy atom. The van der Waals surface area contributed by atoms with Crippen LogP contribution >= 0.6 is 23.2 Å². The molecule has 3 aromatic rings. The second-order valence-electron chi connectivity index (χ2n) is 5.65. The second kappa shape index (κ2) is 5.65. The van der Waals surface area contributed by atoms with Crippen LogP contribution in [0.5, 0.6) is 0 Å². The predicted octanol–water partition coefficient (Wildman–Crippen LogP) is 3.05. The summed E-state index contributed by atoms with van der Waals surface area (Å²) in [4.78, 5) is 25.7. The molecule has 0 spiro atoms. The van der Waals surface area contributed by atoms with Crippen LogP contribution in [0.3, 0.4) is 0 Å². The van der Waals surface area contributed by atoms with Gasteiger partial charge in [-0.2, -0.15) is 0 Å². The Morgan fingerprint density at radius 2 is 2.12 bits per heavy atom. The highest BCUT2D eigenvalue weighted by molar-refractivity contribution is 6.45. The number of aromatic nitrogens is 3. The highest BCUT2D eigenvalue weighted by atomic mass is 35.5. The van der Waals surface area contributed by atoms with Crippen LogP contribution in [0.2, 0.25) is 10.0 Å². The van der Waals surface area contributed by atoms with Crippen molar-refractivity contribution in [3.05, 3.63) is 51.5 Å². The van der Waals surface area contributed by atoms with Crippen molar-refractivity contribution < 1.29 is 4.79 Å². The van der Waals surface area contributed by atoms with E-state index in [4.69, 9.17) is 28.9 Å². The molecule has 0 bridgehead atoms. The summed E-state index contributed by atoms with van der Waals surface area (Å²) in [7, 11) is 0. The number of amides is 1. The lowest BCUT2D eigenvalue weighted by Gasteiger charge is -2.26. The van der Waals surface area contributed by atoms with Gasteiger partial charge >= 0.3 is 0 Å². The zero-order chi connectivity index (χ0) is 16.8. The standard InChI is InChI=1S/C16H13Cl2N5O/c17-10-2-1-8-9-7-23(6-4-11(9)21-14(8)13(10)18)16(24)15-20-5-3-12(19)22-15/h1-3,5,21H,4,6-7H2,(H2,19,20,22). The van der Waals surface area contributed by atoms with Crippen LogP contribution in [0.15, 0.2) is 24.4 Å². The van der Waals surface area contributed by atoms with Crippen molar-refractivity contribution in [2.24, 2.45) is 0 Å². The molecule has 0 saturated carbocycles. The SMILES string of the molecule is Nc1ccnc(C(=O)N2CCc3[nH]c4c(Cl)c(Cl)ccc4c3C2)n1. The molecule has 0 saturated heterocycles. The third kappa shape index (κ3) is 2.39. The fourth-order valence-corrected chi connectivity index (χ4v) is 3.38. The number of nitrogen functional groups attached to an aromatic ring is 1. The third-order valence-electron chi connectivity index (χ3n) is 4.20. The highest BCUT2D eigenvalue weighted by Gasteiger charge is 2.27. The largest absolute Gasteiger partial charge is 0.384 e. The van der Waals surface area contributed by atoms with Gasteiger partial charge in [0.05, 0.1) is 15.6 Å². The predicted molar refractivity (Wildman–Crippen MR) is 93.2 cm³/mol. The van der Waals surface area contributed by atoms with E-state index in [-0.39, 0.29) is 17.5 Å². The van der Waals surface area contributed by atoms with Crippen molar-refractivity contribution >= 4 is 45.8 Å². The van der Waals surface area contributed by atoms with Crippen LogP contribution in [-0.4, -0.2) is 32.3 Å². The van der Waals surface area contributed by atoms with E-state index in [2.05, 4.69) is 15.0 Å². The highest BCUT2D eigenvalue weighted by Crippen LogP contribution is 2.35. The van der Waals surface area contributed by atoms with Crippen LogP contribution in [-0.2, 0) is 13.0 Å². The molecule has 24 heavy (non-hydrogen) atoms. The van der Waals surface area contributed by atoms with E-state index in [1.807, 2.05) is 6.07 Å². The lowest BCUT2D eigenvalue weighted by atomic mass is 10.0. The number of fused-ring (bicyclic) bond motifs is 3. The molecule has 1 aromatic carbocycles. The van der Waals surface area contributed by atoms with E-state index in [0.29, 0.717) is 29.6 Å². The van der Waals surface area contributed by atoms with Gasteiger partial charge in [-0.05, 0) is 12.1 Å². The Kier molecular flexibility index (Phi) is 3.58. The number of aromatic amines is 1. The molecule has 4 rings (SSSR count). The molecule has 1 aliphatic heterocycles. The van der Waals surface area contributed by atoms with Gasteiger partial charge in [-0.15, -0.1) is 0 Å². The fraction of sp³-hybridized carbons (Fsp3) is 0.188. The number of nitrogens with zero attached hydrogens (tertiary/aromatic N) is 3. The molecular formula is C16H13Cl2N5O. The van der Waals surface area contributed by atoms with Gasteiger partial charge in [0, 0.05) is 42.4 Å². The Hall–Kier alpha value is -2.31. The summed E-state index contributed by atoms with van der Waals surface area (Å²) in [6, 6.07) is 5.24. The molecule has 8 heteroatoms. The number of halogens is 2. The molecule has 3 N–H and O–H groups in total. The lowest BCUT2D eigenvalue weighted by molar-refractivity contribution is 0.0722. The Morgan fingerprint density at radius 3 is 2.92 bits per heavy atom. The minimum absolute atomic E-state index is 0.111. The first kappa shape index (κ1) is 15.2. The number of nitrogens with two attached hydrogens (primary N) is 1. The van der Waals surface area contributed by atoms with Crippen molar-refractivity contribution in [2.45, 2.75) is 13.0 Å². The van der Waals surface area contributed by atoms with E-state index in [9.17, 15) is 4.79 Å². The average Bonchev–Trinajstić information content (AvgIpc) is 2.96. The van der Waals surface area contributed by atoms with E-state index < -0.39 is 0 Å². The van der Waals surface area contributed by atoms with E-state index >= 15 is 0 Å². The molecule has 0 aliphatic carbocycles. The summed E-state index contributed by atoms with van der Waals surface area (Å²) in [5, 5.41) is 1.98. The first-order valence-electron chi connectivity index (χ1n) is 7.40. The molecule has 0 unspecified atom stereocenters. The lowest BCUT2D eigenvalue weighted by Crippen LogP contribution is -2.36. The maximum atomic E-state index is 12.6. The molecule has 3 heterocycles. The smallest absolute Gasteiger partial charge is 0.292 e. The average molecular weight is 362 g/mol. The van der Waals surface area contributed by atoms with Crippen LogP contribution in [0.1, 0.15) is 21.9 Å². The van der Waals surface area contributed by atoms with E-state index in [1.165, 1.54) is 6.20 Å². The van der Waals surface area contributed by atoms with Crippen molar-refractivity contribution in [3.63, 3.8) is 0 Å². The first-order chi connectivity index (χ1) is 11.5. The quantitative estimate of drug-likeness (QED) is 0.697. The van der Waals surface area contributed by atoms with Gasteiger partial charge in [-0.1, -0.05) is 29.3 Å². The number of carbonyl (C=O) groups excluding carboxylic acids is 1. The van der Waals surface area contributed by atoms with Gasteiger partial charge < -0.3 is 15.6 Å². The second-order valence-corrected chi connectivity index (χ2v) is 6.43. The summed E-state index contributed by atoms with van der Waals surface area (Å²) in [6.45, 7) is 1.03. The number of hydrogen-bond acceptors (Lipinski definition) is 4. The monoisotopic (exact) mass is 361 g/mol. The van der Waals surface area contributed by atoms with Gasteiger partial charge in [-0.3, -0.25) is 4.79 Å². The summed E-state index contributed by atoms with van der Waals surface area (Å²) in [5.41, 5.74) is 8.57. The van der Waals surface area contributed by atoms with E-state index in [1.54, 1.807) is 17.0 Å². The molecule has 1 aliphatic rings. The number of benzene rings is 1. The first-order valence-corrected chi connectivity index (χ1v) is 8.15. The fourth-order valence-electron chi connectivity index (χ4n) is 3.01. The van der Waals surface area contributed by atoms with Crippen LogP contribution < -0.4 is 5.73 Å². The Bertz CT molecular complexity index is 969. The summed E-state index contributed by atoms with van der Waals surface area (Å²) < 4.78 is 0. The van der Waals surface area contributed by atoms with E-state index in [0.717, 1.165) is 22.2 Å². The number of H-pyrrole nitrogens is 1. The Balaban J connectivity index is 1.71. The molecule has 0 radical (unpaired) electrons. The minimum Gasteiger partial charge on any atom is -0.384 e. The van der Waals surface area contributed by atoms with Crippen molar-refractivity contribution in [1.29, 1.82) is 0 Å². The maximum absolute atomic E-state index is 12.6. The maximum Gasteiger partial charge on any atom is 0.292 e. The molecule has 122 valence electrons. The third-order valence-corrected chi connectivity index (χ3v) is 5.00. The number of carbonyl (C=O) groups is 1. The van der Waals surface area contributed by atoms with Gasteiger partial charge in [0.25, 0.3) is 5.91 Å². The number of nitrogens with one attached hydrogen (secondary N) is 1. The van der Waals surface area contributed by atoms with Crippen molar-refractivity contribution in [3.8, 4) is 0 Å². The summed E-state index contributed by atoms with van der Waals surface area (Å²) >= 11 is 12.4. The van der Waals surface area contributed by atoms with Gasteiger partial charge in [0.2, 0.25) is 5.82 Å². The summed E-state index contributed by atoms with van der Waals surface area (Å²) in [6.07, 6.45) is 2.18. The van der Waals surface area contributed by atoms with Crippen molar-refractivity contribution in [2.75, 3.05) is 12.3 Å². The van der Waals surface area contributed by atoms with Crippen molar-refractivity contribution in [1.82, 2.24) is 19.9 Å². The molecule has 0 fully saturated rings. The van der Waals surface area contributed by atoms with Gasteiger partial charge in [-0.25, -0.2) is 9.97 Å². The van der Waals surface area contributed by atoms with Crippen LogP contribution in [0.4, 0.5) is 5.82 Å². The number of hydrogen-bond donors (Lipinski definition) is 2. The molecule has 0 atom stereocenters. The van der Waals surface area contributed by atoms with Gasteiger partial charge in [0.1, 0.15) is 5.82 Å². The number of anilines is 1.